The summed E-state index contributed by atoms with van der Waals surface area (Å²) in [6.45, 7) is 0.301. The summed E-state index contributed by atoms with van der Waals surface area (Å²) in [5.74, 6) is -1.34. The molecule has 6 heteroatoms. The topological polar surface area (TPSA) is 32.3 Å². The zero-order chi connectivity index (χ0) is 14.0. The van der Waals surface area contributed by atoms with Crippen LogP contribution in [0.4, 0.5) is 14.5 Å². The van der Waals surface area contributed by atoms with Gasteiger partial charge in [0.05, 0.1) is 15.2 Å². The fraction of sp³-hybridized carbons (Fsp3) is 0.0769. The predicted octanol–water partition coefficient (Wildman–Crippen LogP) is 4.70. The standard InChI is InChI=1S/C13H9BrClF2NO/c14-8-4-12(11(17)5-10(8)16)18-6-7-1-2-13(19)9(15)3-7/h1-5,18-19H,6H2. The van der Waals surface area contributed by atoms with Gasteiger partial charge in [-0.05, 0) is 39.7 Å². The lowest BCUT2D eigenvalue weighted by Crippen LogP contribution is -2.02. The lowest BCUT2D eigenvalue weighted by Gasteiger charge is -2.09. The van der Waals surface area contributed by atoms with Crippen LogP contribution >= 0.6 is 27.5 Å². The maximum absolute atomic E-state index is 13.5. The number of hydrogen-bond acceptors (Lipinski definition) is 2. The van der Waals surface area contributed by atoms with Gasteiger partial charge in [0, 0.05) is 12.6 Å². The van der Waals surface area contributed by atoms with Gasteiger partial charge in [-0.15, -0.1) is 0 Å². The van der Waals surface area contributed by atoms with Crippen LogP contribution in [0.2, 0.25) is 5.02 Å². The minimum Gasteiger partial charge on any atom is -0.506 e. The van der Waals surface area contributed by atoms with E-state index in [1.807, 2.05) is 0 Å². The van der Waals surface area contributed by atoms with Crippen LogP contribution in [0.15, 0.2) is 34.8 Å². The maximum atomic E-state index is 13.5. The molecule has 2 rings (SSSR count). The van der Waals surface area contributed by atoms with Crippen LogP contribution in [0.1, 0.15) is 5.56 Å². The molecule has 0 radical (unpaired) electrons. The molecule has 0 aliphatic carbocycles. The van der Waals surface area contributed by atoms with Crippen LogP contribution < -0.4 is 5.32 Å². The van der Waals surface area contributed by atoms with Gasteiger partial charge >= 0.3 is 0 Å². The van der Waals surface area contributed by atoms with Crippen molar-refractivity contribution in [3.05, 3.63) is 57.0 Å². The number of phenols is 1. The molecule has 0 aliphatic rings. The summed E-state index contributed by atoms with van der Waals surface area (Å²) in [7, 11) is 0. The Kier molecular flexibility index (Phi) is 4.27. The van der Waals surface area contributed by atoms with Crippen LogP contribution in [-0.2, 0) is 6.54 Å². The Morgan fingerprint density at radius 2 is 1.89 bits per heavy atom. The Bertz CT molecular complexity index is 622. The van der Waals surface area contributed by atoms with E-state index in [0.717, 1.165) is 11.6 Å². The van der Waals surface area contributed by atoms with Crippen molar-refractivity contribution in [3.8, 4) is 5.75 Å². The number of anilines is 1. The largest absolute Gasteiger partial charge is 0.506 e. The van der Waals surface area contributed by atoms with E-state index in [1.165, 1.54) is 12.1 Å². The van der Waals surface area contributed by atoms with Crippen LogP contribution in [0.25, 0.3) is 0 Å². The highest BCUT2D eigenvalue weighted by atomic mass is 79.9. The van der Waals surface area contributed by atoms with Gasteiger partial charge in [-0.3, -0.25) is 0 Å². The first-order chi connectivity index (χ1) is 8.97. The number of rotatable bonds is 3. The zero-order valence-electron chi connectivity index (χ0n) is 9.55. The van der Waals surface area contributed by atoms with Gasteiger partial charge in [-0.2, -0.15) is 0 Å². The van der Waals surface area contributed by atoms with Gasteiger partial charge in [0.25, 0.3) is 0 Å². The first-order valence-electron chi connectivity index (χ1n) is 5.33. The summed E-state index contributed by atoms with van der Waals surface area (Å²) in [4.78, 5) is 0. The predicted molar refractivity (Wildman–Crippen MR) is 74.5 cm³/mol. The molecular weight excluding hydrogens is 340 g/mol. The summed E-state index contributed by atoms with van der Waals surface area (Å²) in [5.41, 5.74) is 0.945. The molecule has 0 bridgehead atoms. The third-order valence-electron chi connectivity index (χ3n) is 2.51. The van der Waals surface area contributed by atoms with E-state index in [-0.39, 0.29) is 20.9 Å². The fourth-order valence-electron chi connectivity index (χ4n) is 1.52. The lowest BCUT2D eigenvalue weighted by molar-refractivity contribution is 0.475. The fourth-order valence-corrected chi connectivity index (χ4v) is 2.06. The molecule has 2 aromatic rings. The number of phenolic OH excluding ortho intramolecular Hbond substituents is 1. The molecule has 2 aromatic carbocycles. The number of hydrogen-bond donors (Lipinski definition) is 2. The second kappa shape index (κ2) is 5.75. The lowest BCUT2D eigenvalue weighted by atomic mass is 10.2. The molecule has 0 atom stereocenters. The molecular formula is C13H9BrClF2NO. The number of halogens is 4. The molecule has 0 aromatic heterocycles. The Balaban J connectivity index is 2.14. The molecule has 0 aliphatic heterocycles. The summed E-state index contributed by atoms with van der Waals surface area (Å²) < 4.78 is 26.7. The van der Waals surface area contributed by atoms with Crippen LogP contribution in [0, 0.1) is 11.6 Å². The minimum absolute atomic E-state index is 0.0128. The van der Waals surface area contributed by atoms with Gasteiger partial charge in [-0.1, -0.05) is 17.7 Å². The molecule has 0 spiro atoms. The van der Waals surface area contributed by atoms with Gasteiger partial charge in [0.1, 0.15) is 17.4 Å². The minimum atomic E-state index is -0.675. The quantitative estimate of drug-likeness (QED) is 0.788. The van der Waals surface area contributed by atoms with Crippen molar-refractivity contribution < 1.29 is 13.9 Å². The third-order valence-corrected chi connectivity index (χ3v) is 3.42. The first-order valence-corrected chi connectivity index (χ1v) is 6.50. The van der Waals surface area contributed by atoms with Crippen molar-refractivity contribution >= 4 is 33.2 Å². The maximum Gasteiger partial charge on any atom is 0.149 e. The van der Waals surface area contributed by atoms with Crippen LogP contribution in [0.5, 0.6) is 5.75 Å². The second-order valence-corrected chi connectivity index (χ2v) is 5.15. The number of benzene rings is 2. The molecule has 2 N–H and O–H groups in total. The second-order valence-electron chi connectivity index (χ2n) is 3.89. The molecule has 0 fully saturated rings. The smallest absolute Gasteiger partial charge is 0.149 e. The van der Waals surface area contributed by atoms with Gasteiger partial charge in [-0.25, -0.2) is 8.78 Å². The highest BCUT2D eigenvalue weighted by molar-refractivity contribution is 9.10. The Morgan fingerprint density at radius 1 is 1.16 bits per heavy atom. The van der Waals surface area contributed by atoms with Crippen molar-refractivity contribution in [1.82, 2.24) is 0 Å². The Morgan fingerprint density at radius 3 is 2.58 bits per heavy atom. The number of aromatic hydroxyl groups is 1. The van der Waals surface area contributed by atoms with E-state index in [9.17, 15) is 13.9 Å². The highest BCUT2D eigenvalue weighted by Crippen LogP contribution is 2.26. The molecule has 100 valence electrons. The van der Waals surface area contributed by atoms with E-state index in [4.69, 9.17) is 11.6 Å². The van der Waals surface area contributed by atoms with Gasteiger partial charge in [0.2, 0.25) is 0 Å². The molecule has 0 saturated carbocycles. The van der Waals surface area contributed by atoms with Crippen molar-refractivity contribution in [2.75, 3.05) is 5.32 Å². The normalized spacial score (nSPS) is 10.5. The van der Waals surface area contributed by atoms with Crippen molar-refractivity contribution in [2.45, 2.75) is 6.54 Å². The van der Waals surface area contributed by atoms with E-state index in [0.29, 0.717) is 6.54 Å². The third kappa shape index (κ3) is 3.36. The Hall–Kier alpha value is -1.33. The summed E-state index contributed by atoms with van der Waals surface area (Å²) in [5, 5.41) is 12.3. The Labute approximate surface area is 122 Å². The SMILES string of the molecule is Oc1ccc(CNc2cc(Br)c(F)cc2F)cc1Cl. The van der Waals surface area contributed by atoms with E-state index in [2.05, 4.69) is 21.2 Å². The average molecular weight is 349 g/mol. The first kappa shape index (κ1) is 14.1. The molecule has 2 nitrogen and oxygen atoms in total. The van der Waals surface area contributed by atoms with E-state index < -0.39 is 11.6 Å². The highest BCUT2D eigenvalue weighted by Gasteiger charge is 2.08. The van der Waals surface area contributed by atoms with Crippen LogP contribution in [-0.4, -0.2) is 5.11 Å². The van der Waals surface area contributed by atoms with Crippen molar-refractivity contribution in [1.29, 1.82) is 0 Å². The molecule has 0 unspecified atom stereocenters. The van der Waals surface area contributed by atoms with Crippen LogP contribution in [0.3, 0.4) is 0 Å². The average Bonchev–Trinajstić information content (AvgIpc) is 2.36. The molecule has 0 heterocycles. The summed E-state index contributed by atoms with van der Waals surface area (Å²) in [6.07, 6.45) is 0. The van der Waals surface area contributed by atoms with Crippen molar-refractivity contribution in [2.24, 2.45) is 0 Å². The van der Waals surface area contributed by atoms with Crippen molar-refractivity contribution in [3.63, 3.8) is 0 Å². The molecule has 0 saturated heterocycles. The van der Waals surface area contributed by atoms with E-state index >= 15 is 0 Å². The number of nitrogens with one attached hydrogen (secondary N) is 1. The molecule has 19 heavy (non-hydrogen) atoms. The summed E-state index contributed by atoms with van der Waals surface area (Å²) >= 11 is 8.76. The zero-order valence-corrected chi connectivity index (χ0v) is 11.9. The van der Waals surface area contributed by atoms with Gasteiger partial charge < -0.3 is 10.4 Å². The van der Waals surface area contributed by atoms with E-state index in [1.54, 1.807) is 12.1 Å². The van der Waals surface area contributed by atoms with Gasteiger partial charge in [0.15, 0.2) is 0 Å². The summed E-state index contributed by atoms with van der Waals surface area (Å²) in [6, 6.07) is 6.81. The monoisotopic (exact) mass is 347 g/mol. The molecule has 0 amide bonds.